The molecule has 0 unspecified atom stereocenters. The number of halogens is 1. The number of hydrogen-bond acceptors (Lipinski definition) is 5. The molecule has 5 nitrogen and oxygen atoms in total. The number of benzene rings is 1. The Morgan fingerprint density at radius 1 is 1.04 bits per heavy atom. The van der Waals surface area contributed by atoms with Crippen LogP contribution in [0.3, 0.4) is 0 Å². The summed E-state index contributed by atoms with van der Waals surface area (Å²) in [5.74, 6) is 1.90. The maximum atomic E-state index is 6.23. The fraction of sp³-hybridized carbons (Fsp3) is 0.105. The summed E-state index contributed by atoms with van der Waals surface area (Å²) in [6.07, 6.45) is 3.46. The van der Waals surface area contributed by atoms with Gasteiger partial charge in [-0.3, -0.25) is 9.98 Å². The Morgan fingerprint density at radius 3 is 2.84 bits per heavy atom. The molecule has 0 atom stereocenters. The first-order valence-corrected chi connectivity index (χ1v) is 8.27. The van der Waals surface area contributed by atoms with Gasteiger partial charge in [0.05, 0.1) is 11.6 Å². The molecule has 3 aromatic rings. The summed E-state index contributed by atoms with van der Waals surface area (Å²) in [6.45, 7) is 1.27. The number of aliphatic imine (C=N–C) groups is 1. The third kappa shape index (κ3) is 3.46. The molecule has 1 aliphatic heterocycles. The number of ether oxygens (including phenoxy) is 1. The largest absolute Gasteiger partial charge is 0.437 e. The summed E-state index contributed by atoms with van der Waals surface area (Å²) >= 11 is 6.23. The number of fused-ring (bicyclic) bond motifs is 1. The SMILES string of the molecule is Clc1ccc(CNC2=NCc3cccnc32)cc1Oc1ccccn1. The lowest BCUT2D eigenvalue weighted by Gasteiger charge is -2.10. The third-order valence-electron chi connectivity index (χ3n) is 3.83. The van der Waals surface area contributed by atoms with Crippen LogP contribution in [-0.2, 0) is 13.1 Å². The van der Waals surface area contributed by atoms with Gasteiger partial charge < -0.3 is 10.1 Å². The number of nitrogens with one attached hydrogen (secondary N) is 1. The zero-order valence-corrected chi connectivity index (χ0v) is 14.1. The van der Waals surface area contributed by atoms with Gasteiger partial charge in [0.2, 0.25) is 5.88 Å². The number of pyridine rings is 2. The van der Waals surface area contributed by atoms with Gasteiger partial charge in [-0.05, 0) is 29.8 Å². The molecule has 124 valence electrons. The van der Waals surface area contributed by atoms with E-state index in [9.17, 15) is 0 Å². The quantitative estimate of drug-likeness (QED) is 0.773. The van der Waals surface area contributed by atoms with E-state index in [-0.39, 0.29) is 0 Å². The Labute approximate surface area is 150 Å². The van der Waals surface area contributed by atoms with E-state index in [0.717, 1.165) is 22.7 Å². The fourth-order valence-electron chi connectivity index (χ4n) is 2.60. The predicted octanol–water partition coefficient (Wildman–Crippen LogP) is 3.97. The predicted molar refractivity (Wildman–Crippen MR) is 97.1 cm³/mol. The Hall–Kier alpha value is -2.92. The first kappa shape index (κ1) is 15.6. The second kappa shape index (κ2) is 6.91. The van der Waals surface area contributed by atoms with Gasteiger partial charge in [-0.25, -0.2) is 4.98 Å². The fourth-order valence-corrected chi connectivity index (χ4v) is 2.76. The van der Waals surface area contributed by atoms with Crippen molar-refractivity contribution in [3.63, 3.8) is 0 Å². The summed E-state index contributed by atoms with van der Waals surface area (Å²) in [7, 11) is 0. The molecular formula is C19H15ClN4O. The molecule has 0 radical (unpaired) electrons. The van der Waals surface area contributed by atoms with Gasteiger partial charge in [-0.15, -0.1) is 0 Å². The maximum Gasteiger partial charge on any atom is 0.219 e. The van der Waals surface area contributed by atoms with Crippen LogP contribution in [-0.4, -0.2) is 15.8 Å². The zero-order valence-electron chi connectivity index (χ0n) is 13.3. The highest BCUT2D eigenvalue weighted by Gasteiger charge is 2.16. The van der Waals surface area contributed by atoms with E-state index < -0.39 is 0 Å². The van der Waals surface area contributed by atoms with E-state index in [0.29, 0.717) is 29.7 Å². The van der Waals surface area contributed by atoms with Crippen molar-refractivity contribution >= 4 is 17.4 Å². The molecule has 0 aliphatic carbocycles. The molecule has 25 heavy (non-hydrogen) atoms. The Morgan fingerprint density at radius 2 is 1.96 bits per heavy atom. The van der Waals surface area contributed by atoms with Gasteiger partial charge in [-0.2, -0.15) is 0 Å². The molecule has 4 rings (SSSR count). The van der Waals surface area contributed by atoms with Crippen molar-refractivity contribution in [3.05, 3.63) is 82.8 Å². The highest BCUT2D eigenvalue weighted by molar-refractivity contribution is 6.32. The van der Waals surface area contributed by atoms with Gasteiger partial charge in [-0.1, -0.05) is 29.8 Å². The van der Waals surface area contributed by atoms with Crippen LogP contribution in [0.4, 0.5) is 0 Å². The van der Waals surface area contributed by atoms with Crippen molar-refractivity contribution in [2.45, 2.75) is 13.1 Å². The second-order valence-corrected chi connectivity index (χ2v) is 5.97. The highest BCUT2D eigenvalue weighted by atomic mass is 35.5. The van der Waals surface area contributed by atoms with E-state index in [2.05, 4.69) is 20.3 Å². The zero-order chi connectivity index (χ0) is 17.1. The monoisotopic (exact) mass is 350 g/mol. The van der Waals surface area contributed by atoms with E-state index in [1.54, 1.807) is 18.5 Å². The van der Waals surface area contributed by atoms with Gasteiger partial charge >= 0.3 is 0 Å². The van der Waals surface area contributed by atoms with Crippen molar-refractivity contribution in [1.82, 2.24) is 15.3 Å². The molecular weight excluding hydrogens is 336 g/mol. The topological polar surface area (TPSA) is 59.4 Å². The van der Waals surface area contributed by atoms with Crippen LogP contribution >= 0.6 is 11.6 Å². The van der Waals surface area contributed by atoms with Crippen molar-refractivity contribution in [2.75, 3.05) is 0 Å². The first-order valence-electron chi connectivity index (χ1n) is 7.89. The van der Waals surface area contributed by atoms with Crippen LogP contribution in [0.1, 0.15) is 16.8 Å². The summed E-state index contributed by atoms with van der Waals surface area (Å²) in [5.41, 5.74) is 3.09. The Bertz CT molecular complexity index is 928. The smallest absolute Gasteiger partial charge is 0.219 e. The van der Waals surface area contributed by atoms with Gasteiger partial charge in [0.15, 0.2) is 0 Å². The number of nitrogens with zero attached hydrogens (tertiary/aromatic N) is 3. The van der Waals surface area contributed by atoms with Crippen molar-refractivity contribution in [2.24, 2.45) is 4.99 Å². The van der Waals surface area contributed by atoms with E-state index >= 15 is 0 Å². The molecule has 0 fully saturated rings. The summed E-state index contributed by atoms with van der Waals surface area (Å²) in [6, 6.07) is 15.1. The van der Waals surface area contributed by atoms with Crippen molar-refractivity contribution < 1.29 is 4.74 Å². The molecule has 0 saturated heterocycles. The average molecular weight is 351 g/mol. The molecule has 0 amide bonds. The highest BCUT2D eigenvalue weighted by Crippen LogP contribution is 2.29. The van der Waals surface area contributed by atoms with Crippen LogP contribution in [0, 0.1) is 0 Å². The number of aromatic nitrogens is 2. The first-order chi connectivity index (χ1) is 12.3. The summed E-state index contributed by atoms with van der Waals surface area (Å²) < 4.78 is 5.76. The van der Waals surface area contributed by atoms with Gasteiger partial charge in [0.1, 0.15) is 17.3 Å². The third-order valence-corrected chi connectivity index (χ3v) is 4.14. The van der Waals surface area contributed by atoms with Crippen molar-refractivity contribution in [1.29, 1.82) is 0 Å². The normalized spacial score (nSPS) is 12.4. The number of rotatable bonds is 4. The maximum absolute atomic E-state index is 6.23. The minimum atomic E-state index is 0.507. The minimum absolute atomic E-state index is 0.507. The van der Waals surface area contributed by atoms with E-state index in [1.807, 2.05) is 42.5 Å². The Kier molecular flexibility index (Phi) is 4.31. The lowest BCUT2D eigenvalue weighted by atomic mass is 10.2. The molecule has 1 N–H and O–H groups in total. The summed E-state index contributed by atoms with van der Waals surface area (Å²) in [5, 5.41) is 3.88. The second-order valence-electron chi connectivity index (χ2n) is 5.56. The standard InChI is InChI=1S/C19H15ClN4O/c20-15-7-6-13(10-16(15)25-17-5-1-2-8-21-17)11-23-19-18-14(12-24-19)4-3-9-22-18/h1-10H,11-12H2,(H,23,24). The molecule has 0 bridgehead atoms. The van der Waals surface area contributed by atoms with E-state index in [4.69, 9.17) is 16.3 Å². The lowest BCUT2D eigenvalue weighted by Crippen LogP contribution is -2.23. The van der Waals surface area contributed by atoms with Crippen molar-refractivity contribution in [3.8, 4) is 11.6 Å². The molecule has 0 spiro atoms. The van der Waals surface area contributed by atoms with Gasteiger partial charge in [0, 0.05) is 30.6 Å². The molecule has 0 saturated carbocycles. The van der Waals surface area contributed by atoms with Crippen LogP contribution in [0.15, 0.2) is 65.9 Å². The van der Waals surface area contributed by atoms with Crippen LogP contribution in [0.2, 0.25) is 5.02 Å². The molecule has 3 heterocycles. The molecule has 1 aromatic carbocycles. The van der Waals surface area contributed by atoms with E-state index in [1.165, 1.54) is 0 Å². The number of hydrogen-bond donors (Lipinski definition) is 1. The Balaban J connectivity index is 1.48. The van der Waals surface area contributed by atoms with Crippen LogP contribution < -0.4 is 10.1 Å². The molecule has 1 aliphatic rings. The number of amidine groups is 1. The molecule has 2 aromatic heterocycles. The van der Waals surface area contributed by atoms with Gasteiger partial charge in [0.25, 0.3) is 0 Å². The minimum Gasteiger partial charge on any atom is -0.437 e. The molecule has 6 heteroatoms. The van der Waals surface area contributed by atoms with Crippen LogP contribution in [0.25, 0.3) is 0 Å². The average Bonchev–Trinajstić information content (AvgIpc) is 3.06. The van der Waals surface area contributed by atoms with Crippen LogP contribution in [0.5, 0.6) is 11.6 Å². The lowest BCUT2D eigenvalue weighted by molar-refractivity contribution is 0.462. The summed E-state index contributed by atoms with van der Waals surface area (Å²) in [4.78, 5) is 13.1.